The van der Waals surface area contributed by atoms with E-state index in [0.717, 1.165) is 51.6 Å². The van der Waals surface area contributed by atoms with Crippen molar-refractivity contribution in [3.63, 3.8) is 0 Å². The minimum Gasteiger partial charge on any atom is -0.379 e. The summed E-state index contributed by atoms with van der Waals surface area (Å²) in [5.74, 6) is 0.983. The molecule has 22 heavy (non-hydrogen) atoms. The highest BCUT2D eigenvalue weighted by Crippen LogP contribution is 2.19. The summed E-state index contributed by atoms with van der Waals surface area (Å²) in [6.45, 7) is 9.71. The zero-order valence-electron chi connectivity index (χ0n) is 14.3. The third-order valence-electron chi connectivity index (χ3n) is 3.75. The van der Waals surface area contributed by atoms with Gasteiger partial charge in [-0.25, -0.2) is 0 Å². The Morgan fingerprint density at radius 3 is 2.55 bits per heavy atom. The first-order valence-electron chi connectivity index (χ1n) is 7.65. The van der Waals surface area contributed by atoms with Gasteiger partial charge in [-0.2, -0.15) is 11.8 Å². The molecule has 1 aliphatic rings. The first-order valence-corrected chi connectivity index (χ1v) is 9.05. The van der Waals surface area contributed by atoms with Crippen LogP contribution in [-0.2, 0) is 9.53 Å². The summed E-state index contributed by atoms with van der Waals surface area (Å²) >= 11 is 1.73. The molecule has 1 aliphatic heterocycles. The van der Waals surface area contributed by atoms with Gasteiger partial charge in [0, 0.05) is 33.2 Å². The first-order chi connectivity index (χ1) is 9.85. The molecular formula is C15H32ClN3O2S. The van der Waals surface area contributed by atoms with E-state index >= 15 is 0 Å². The number of amides is 1. The fourth-order valence-corrected chi connectivity index (χ4v) is 3.28. The van der Waals surface area contributed by atoms with Crippen LogP contribution in [0.1, 0.15) is 20.3 Å². The molecule has 1 heterocycles. The zero-order valence-corrected chi connectivity index (χ0v) is 16.0. The van der Waals surface area contributed by atoms with Gasteiger partial charge in [-0.05, 0) is 23.8 Å². The van der Waals surface area contributed by atoms with E-state index in [1.165, 1.54) is 0 Å². The maximum atomic E-state index is 12.3. The van der Waals surface area contributed by atoms with Gasteiger partial charge < -0.3 is 15.4 Å². The lowest BCUT2D eigenvalue weighted by Crippen LogP contribution is -2.49. The summed E-state index contributed by atoms with van der Waals surface area (Å²) < 4.78 is 5.38. The number of nitrogens with two attached hydrogens (primary N) is 1. The van der Waals surface area contributed by atoms with Crippen molar-refractivity contribution in [2.75, 3.05) is 58.4 Å². The molecule has 1 saturated heterocycles. The number of halogens is 1. The van der Waals surface area contributed by atoms with Crippen LogP contribution in [0, 0.1) is 5.41 Å². The highest BCUT2D eigenvalue weighted by Gasteiger charge is 2.28. The maximum Gasteiger partial charge on any atom is 0.239 e. The average molecular weight is 354 g/mol. The van der Waals surface area contributed by atoms with Gasteiger partial charge in [-0.15, -0.1) is 12.4 Å². The molecule has 5 nitrogen and oxygen atoms in total. The van der Waals surface area contributed by atoms with E-state index in [-0.39, 0.29) is 29.8 Å². The molecule has 0 aromatic rings. The molecule has 2 N–H and O–H groups in total. The van der Waals surface area contributed by atoms with Crippen LogP contribution in [0.3, 0.4) is 0 Å². The average Bonchev–Trinajstić information content (AvgIpc) is 2.43. The van der Waals surface area contributed by atoms with Crippen molar-refractivity contribution < 1.29 is 9.53 Å². The number of rotatable bonds is 8. The molecule has 0 radical (unpaired) electrons. The number of thioether (sulfide) groups is 1. The Hall–Kier alpha value is -0.0100. The van der Waals surface area contributed by atoms with Crippen LogP contribution in [-0.4, -0.2) is 80.2 Å². The molecule has 0 spiro atoms. The van der Waals surface area contributed by atoms with Crippen LogP contribution in [0.15, 0.2) is 0 Å². The van der Waals surface area contributed by atoms with Gasteiger partial charge in [0.2, 0.25) is 5.91 Å². The smallest absolute Gasteiger partial charge is 0.239 e. The number of likely N-dealkylation sites (N-methyl/N-ethyl adjacent to an activating group) is 1. The fraction of sp³-hybridized carbons (Fsp3) is 0.933. The van der Waals surface area contributed by atoms with Gasteiger partial charge in [0.15, 0.2) is 0 Å². The standard InChI is InChI=1S/C15H31N3O2S.ClH/c1-15(2,12-18-6-8-20-9-7-18)11-17(3)14(19)13(16)5-10-21-4;/h13H,5-12,16H2,1-4H3;1H. The summed E-state index contributed by atoms with van der Waals surface area (Å²) in [6, 6.07) is -0.373. The molecule has 1 rings (SSSR count). The molecule has 1 unspecified atom stereocenters. The molecule has 0 saturated carbocycles. The van der Waals surface area contributed by atoms with Gasteiger partial charge in [0.1, 0.15) is 0 Å². The molecule has 7 heteroatoms. The van der Waals surface area contributed by atoms with E-state index in [1.54, 1.807) is 16.7 Å². The van der Waals surface area contributed by atoms with E-state index in [9.17, 15) is 4.79 Å². The van der Waals surface area contributed by atoms with Crippen LogP contribution in [0.5, 0.6) is 0 Å². The number of hydrogen-bond donors (Lipinski definition) is 1. The SMILES string of the molecule is CSCCC(N)C(=O)N(C)CC(C)(C)CN1CCOCC1.Cl. The number of hydrogen-bond acceptors (Lipinski definition) is 5. The Morgan fingerprint density at radius 2 is 2.00 bits per heavy atom. The molecule has 0 aromatic heterocycles. The first kappa shape index (κ1) is 22.0. The summed E-state index contributed by atoms with van der Waals surface area (Å²) in [6.07, 6.45) is 2.78. The minimum absolute atomic E-state index is 0. The Balaban J connectivity index is 0.00000441. The Bertz CT molecular complexity index is 326. The number of carbonyl (C=O) groups excluding carboxylic acids is 1. The van der Waals surface area contributed by atoms with E-state index < -0.39 is 0 Å². The Labute approximate surface area is 145 Å². The number of nitrogens with zero attached hydrogens (tertiary/aromatic N) is 2. The van der Waals surface area contributed by atoms with Crippen molar-refractivity contribution in [1.29, 1.82) is 0 Å². The third kappa shape index (κ3) is 8.02. The molecule has 1 fully saturated rings. The summed E-state index contributed by atoms with van der Waals surface area (Å²) in [5.41, 5.74) is 6.03. The van der Waals surface area contributed by atoms with Gasteiger partial charge in [-0.3, -0.25) is 9.69 Å². The molecular weight excluding hydrogens is 322 g/mol. The van der Waals surface area contributed by atoms with Gasteiger partial charge in [-0.1, -0.05) is 13.8 Å². The second-order valence-electron chi connectivity index (χ2n) is 6.64. The molecule has 0 aromatic carbocycles. The van der Waals surface area contributed by atoms with Crippen molar-refractivity contribution in [3.05, 3.63) is 0 Å². The van der Waals surface area contributed by atoms with Crippen molar-refractivity contribution in [2.45, 2.75) is 26.3 Å². The van der Waals surface area contributed by atoms with Crippen LogP contribution in [0.25, 0.3) is 0 Å². The molecule has 0 bridgehead atoms. The van der Waals surface area contributed by atoms with E-state index in [1.807, 2.05) is 13.3 Å². The lowest BCUT2D eigenvalue weighted by atomic mass is 9.91. The summed E-state index contributed by atoms with van der Waals surface area (Å²) in [5, 5.41) is 0. The van der Waals surface area contributed by atoms with Crippen LogP contribution in [0.2, 0.25) is 0 Å². The molecule has 0 aliphatic carbocycles. The van der Waals surface area contributed by atoms with E-state index in [0.29, 0.717) is 0 Å². The lowest BCUT2D eigenvalue weighted by molar-refractivity contribution is -0.132. The predicted octanol–water partition coefficient (Wildman–Crippen LogP) is 1.31. The largest absolute Gasteiger partial charge is 0.379 e. The van der Waals surface area contributed by atoms with Crippen LogP contribution < -0.4 is 5.73 Å². The van der Waals surface area contributed by atoms with Crippen molar-refractivity contribution in [3.8, 4) is 0 Å². The van der Waals surface area contributed by atoms with E-state index in [2.05, 4.69) is 18.7 Å². The topological polar surface area (TPSA) is 58.8 Å². The van der Waals surface area contributed by atoms with E-state index in [4.69, 9.17) is 10.5 Å². The van der Waals surface area contributed by atoms with Gasteiger partial charge >= 0.3 is 0 Å². The quantitative estimate of drug-likeness (QED) is 0.713. The molecule has 132 valence electrons. The normalized spacial score (nSPS) is 17.7. The van der Waals surface area contributed by atoms with Crippen molar-refractivity contribution in [2.24, 2.45) is 11.1 Å². The number of ether oxygens (including phenoxy) is 1. The Morgan fingerprint density at radius 1 is 1.41 bits per heavy atom. The second-order valence-corrected chi connectivity index (χ2v) is 7.62. The zero-order chi connectivity index (χ0) is 15.9. The van der Waals surface area contributed by atoms with Crippen LogP contribution >= 0.6 is 24.2 Å². The highest BCUT2D eigenvalue weighted by atomic mass is 35.5. The van der Waals surface area contributed by atoms with Gasteiger partial charge in [0.25, 0.3) is 0 Å². The van der Waals surface area contributed by atoms with Crippen LogP contribution in [0.4, 0.5) is 0 Å². The minimum atomic E-state index is -0.373. The molecule has 1 amide bonds. The predicted molar refractivity (Wildman–Crippen MR) is 96.9 cm³/mol. The maximum absolute atomic E-state index is 12.3. The summed E-state index contributed by atoms with van der Waals surface area (Å²) in [7, 11) is 1.86. The van der Waals surface area contributed by atoms with Crippen molar-refractivity contribution in [1.82, 2.24) is 9.80 Å². The Kier molecular flexibility index (Phi) is 10.7. The summed E-state index contributed by atoms with van der Waals surface area (Å²) in [4.78, 5) is 16.5. The molecule has 1 atom stereocenters. The number of morpholine rings is 1. The second kappa shape index (κ2) is 10.7. The monoisotopic (exact) mass is 353 g/mol. The lowest BCUT2D eigenvalue weighted by Gasteiger charge is -2.37. The van der Waals surface area contributed by atoms with Gasteiger partial charge in [0.05, 0.1) is 19.3 Å². The highest BCUT2D eigenvalue weighted by molar-refractivity contribution is 7.98. The van der Waals surface area contributed by atoms with Crippen molar-refractivity contribution >= 4 is 30.1 Å². The third-order valence-corrected chi connectivity index (χ3v) is 4.39. The fourth-order valence-electron chi connectivity index (χ4n) is 2.79. The number of carbonyl (C=O) groups is 1.